The van der Waals surface area contributed by atoms with Gasteiger partial charge in [0.05, 0.1) is 6.04 Å². The fourth-order valence-corrected chi connectivity index (χ4v) is 3.86. The van der Waals surface area contributed by atoms with Crippen LogP contribution in [0, 0.1) is 5.92 Å². The normalized spacial score (nSPS) is 15.3. The molecule has 152 valence electrons. The lowest BCUT2D eigenvalue weighted by atomic mass is 9.93. The lowest BCUT2D eigenvalue weighted by Crippen LogP contribution is -2.35. The highest BCUT2D eigenvalue weighted by Crippen LogP contribution is 2.41. The Kier molecular flexibility index (Phi) is 5.38. The number of fused-ring (bicyclic) bond motifs is 1. The summed E-state index contributed by atoms with van der Waals surface area (Å²) in [7, 11) is 0. The first-order valence-electron chi connectivity index (χ1n) is 9.94. The van der Waals surface area contributed by atoms with Crippen LogP contribution in [0.15, 0.2) is 51.5 Å². The number of amides is 1. The molecule has 1 aliphatic carbocycles. The Hall–Kier alpha value is -2.34. The average Bonchev–Trinajstić information content (AvgIpc) is 3.36. The van der Waals surface area contributed by atoms with Crippen molar-refractivity contribution >= 4 is 33.0 Å². The largest absolute Gasteiger partial charge is 0.444 e. The first-order chi connectivity index (χ1) is 13.8. The van der Waals surface area contributed by atoms with Crippen molar-refractivity contribution in [3.8, 4) is 11.3 Å². The summed E-state index contributed by atoms with van der Waals surface area (Å²) in [4.78, 5) is 12.5. The Morgan fingerprint density at radius 2 is 2.03 bits per heavy atom. The van der Waals surface area contributed by atoms with Crippen LogP contribution in [-0.4, -0.2) is 16.9 Å². The third-order valence-electron chi connectivity index (χ3n) is 4.98. The number of benzene rings is 2. The molecule has 6 heteroatoms. The molecule has 1 heterocycles. The molecule has 1 fully saturated rings. The molecule has 1 amide bonds. The van der Waals surface area contributed by atoms with E-state index in [2.05, 4.69) is 32.5 Å². The number of ether oxygens (including phenoxy) is 1. The van der Waals surface area contributed by atoms with E-state index in [1.54, 1.807) is 0 Å². The van der Waals surface area contributed by atoms with E-state index in [1.165, 1.54) is 12.8 Å². The molecule has 0 radical (unpaired) electrons. The summed E-state index contributed by atoms with van der Waals surface area (Å²) < 4.78 is 12.0. The Bertz CT molecular complexity index is 1030. The van der Waals surface area contributed by atoms with Crippen LogP contribution in [0.5, 0.6) is 0 Å². The number of alkyl carbamates (subject to hydrolysis) is 1. The zero-order valence-corrected chi connectivity index (χ0v) is 18.5. The molecule has 1 atom stereocenters. The van der Waals surface area contributed by atoms with Gasteiger partial charge in [-0.2, -0.15) is 0 Å². The Balaban J connectivity index is 1.71. The summed E-state index contributed by atoms with van der Waals surface area (Å²) in [5.41, 5.74) is 2.97. The number of carbonyl (C=O) groups is 1. The van der Waals surface area contributed by atoms with E-state index in [0.29, 0.717) is 5.92 Å². The quantitative estimate of drug-likeness (QED) is 0.468. The lowest BCUT2D eigenvalue weighted by molar-refractivity contribution is 0.0499. The van der Waals surface area contributed by atoms with E-state index < -0.39 is 11.7 Å². The minimum Gasteiger partial charge on any atom is -0.444 e. The minimum atomic E-state index is -0.538. The summed E-state index contributed by atoms with van der Waals surface area (Å²) in [5.74, 6) is 0.632. The van der Waals surface area contributed by atoms with Crippen molar-refractivity contribution in [1.82, 2.24) is 10.5 Å². The highest BCUT2D eigenvalue weighted by atomic mass is 79.9. The summed E-state index contributed by atoms with van der Waals surface area (Å²) in [6, 6.07) is 13.8. The van der Waals surface area contributed by atoms with Gasteiger partial charge in [0.2, 0.25) is 0 Å². The second kappa shape index (κ2) is 7.82. The summed E-state index contributed by atoms with van der Waals surface area (Å²) >= 11 is 3.47. The Labute approximate surface area is 178 Å². The molecule has 1 N–H and O–H groups in total. The maximum Gasteiger partial charge on any atom is 0.408 e. The predicted octanol–water partition coefficient (Wildman–Crippen LogP) is 6.62. The van der Waals surface area contributed by atoms with Gasteiger partial charge in [-0.3, -0.25) is 0 Å². The highest BCUT2D eigenvalue weighted by molar-refractivity contribution is 9.10. The summed E-state index contributed by atoms with van der Waals surface area (Å²) in [5, 5.41) is 8.38. The van der Waals surface area contributed by atoms with Crippen LogP contribution in [0.1, 0.15) is 51.6 Å². The van der Waals surface area contributed by atoms with E-state index in [0.717, 1.165) is 38.7 Å². The molecule has 1 aromatic heterocycles. The van der Waals surface area contributed by atoms with Gasteiger partial charge in [-0.25, -0.2) is 4.79 Å². The Morgan fingerprint density at radius 3 is 2.76 bits per heavy atom. The van der Waals surface area contributed by atoms with Crippen LogP contribution in [-0.2, 0) is 4.74 Å². The molecule has 4 rings (SSSR count). The van der Waals surface area contributed by atoms with Gasteiger partial charge in [-0.05, 0) is 56.9 Å². The van der Waals surface area contributed by atoms with Gasteiger partial charge in [-0.15, -0.1) is 0 Å². The van der Waals surface area contributed by atoms with E-state index in [9.17, 15) is 4.79 Å². The molecule has 1 aliphatic rings. The van der Waals surface area contributed by atoms with Gasteiger partial charge < -0.3 is 14.6 Å². The zero-order valence-electron chi connectivity index (χ0n) is 16.9. The number of carbonyl (C=O) groups excluding carboxylic acids is 1. The number of aromatic nitrogens is 1. The topological polar surface area (TPSA) is 64.4 Å². The monoisotopic (exact) mass is 456 g/mol. The van der Waals surface area contributed by atoms with Crippen molar-refractivity contribution in [3.63, 3.8) is 0 Å². The maximum absolute atomic E-state index is 12.5. The first-order valence-corrected chi connectivity index (χ1v) is 10.7. The van der Waals surface area contributed by atoms with Crippen molar-refractivity contribution in [2.75, 3.05) is 0 Å². The third kappa shape index (κ3) is 4.81. The first kappa shape index (κ1) is 20.0. The van der Waals surface area contributed by atoms with Gasteiger partial charge in [0.1, 0.15) is 11.3 Å². The molecule has 1 saturated carbocycles. The molecule has 0 spiro atoms. The van der Waals surface area contributed by atoms with E-state index in [1.807, 2.05) is 57.2 Å². The molecule has 0 aliphatic heterocycles. The van der Waals surface area contributed by atoms with Gasteiger partial charge >= 0.3 is 6.09 Å². The zero-order chi connectivity index (χ0) is 20.6. The molecular formula is C23H25BrN2O3. The van der Waals surface area contributed by atoms with Crippen molar-refractivity contribution in [2.45, 2.75) is 51.7 Å². The van der Waals surface area contributed by atoms with Gasteiger partial charge in [-0.1, -0.05) is 58.2 Å². The van der Waals surface area contributed by atoms with Crippen molar-refractivity contribution in [3.05, 3.63) is 52.5 Å². The summed E-state index contributed by atoms with van der Waals surface area (Å²) in [6.45, 7) is 5.61. The second-order valence-electron chi connectivity index (χ2n) is 8.64. The molecule has 2 aromatic carbocycles. The average molecular weight is 457 g/mol. The fraction of sp³-hybridized carbons (Fsp3) is 0.391. The number of halogens is 1. The molecular weight excluding hydrogens is 432 g/mol. The van der Waals surface area contributed by atoms with Crippen LogP contribution in [0.25, 0.3) is 22.2 Å². The van der Waals surface area contributed by atoms with E-state index in [4.69, 9.17) is 9.26 Å². The standard InChI is InChI=1S/C23H25BrN2O3/c1-23(2,3)28-22(27)25-19(12-14-8-9-14)16-6-4-5-7-17(16)21-18-11-10-15(24)13-20(18)29-26-21/h4-7,10-11,13-14,19H,8-9,12H2,1-3H3,(H,25,27). The number of nitrogens with zero attached hydrogens (tertiary/aromatic N) is 1. The van der Waals surface area contributed by atoms with E-state index >= 15 is 0 Å². The maximum atomic E-state index is 12.5. The smallest absolute Gasteiger partial charge is 0.408 e. The number of rotatable bonds is 5. The molecule has 5 nitrogen and oxygen atoms in total. The van der Waals surface area contributed by atoms with Crippen LogP contribution in [0.4, 0.5) is 4.79 Å². The third-order valence-corrected chi connectivity index (χ3v) is 5.48. The molecule has 0 bridgehead atoms. The van der Waals surface area contributed by atoms with Crippen LogP contribution in [0.2, 0.25) is 0 Å². The second-order valence-corrected chi connectivity index (χ2v) is 9.55. The van der Waals surface area contributed by atoms with Crippen LogP contribution < -0.4 is 5.32 Å². The van der Waals surface area contributed by atoms with Crippen molar-refractivity contribution in [1.29, 1.82) is 0 Å². The van der Waals surface area contributed by atoms with Gasteiger partial charge in [0.25, 0.3) is 0 Å². The number of hydrogen-bond acceptors (Lipinski definition) is 4. The SMILES string of the molecule is CC(C)(C)OC(=O)NC(CC1CC1)c1ccccc1-c1noc2cc(Br)ccc12. The molecule has 1 unspecified atom stereocenters. The van der Waals surface area contributed by atoms with Crippen LogP contribution in [0.3, 0.4) is 0 Å². The number of hydrogen-bond donors (Lipinski definition) is 1. The predicted molar refractivity (Wildman–Crippen MR) is 117 cm³/mol. The number of nitrogens with one attached hydrogen (secondary N) is 1. The molecule has 3 aromatic rings. The molecule has 0 saturated heterocycles. The highest BCUT2D eigenvalue weighted by Gasteiger charge is 2.30. The van der Waals surface area contributed by atoms with Gasteiger partial charge in [0, 0.05) is 15.4 Å². The molecule has 29 heavy (non-hydrogen) atoms. The van der Waals surface area contributed by atoms with Crippen molar-refractivity contribution < 1.29 is 14.1 Å². The lowest BCUT2D eigenvalue weighted by Gasteiger charge is -2.25. The van der Waals surface area contributed by atoms with Gasteiger partial charge in [0.15, 0.2) is 5.58 Å². The fourth-order valence-electron chi connectivity index (χ4n) is 3.52. The van der Waals surface area contributed by atoms with E-state index in [-0.39, 0.29) is 6.04 Å². The summed E-state index contributed by atoms with van der Waals surface area (Å²) in [6.07, 6.45) is 2.90. The Morgan fingerprint density at radius 1 is 1.28 bits per heavy atom. The minimum absolute atomic E-state index is 0.143. The van der Waals surface area contributed by atoms with Crippen LogP contribution >= 0.6 is 15.9 Å². The van der Waals surface area contributed by atoms with Crippen molar-refractivity contribution in [2.24, 2.45) is 5.92 Å².